The van der Waals surface area contributed by atoms with Gasteiger partial charge in [-0.3, -0.25) is 4.79 Å². The van der Waals surface area contributed by atoms with Crippen LogP contribution in [0.5, 0.6) is 11.5 Å². The summed E-state index contributed by atoms with van der Waals surface area (Å²) in [5.41, 5.74) is 0.560. The molecule has 16 heavy (non-hydrogen) atoms. The van der Waals surface area contributed by atoms with E-state index in [0.717, 1.165) is 9.86 Å². The predicted octanol–water partition coefficient (Wildman–Crippen LogP) is 2.49. The Morgan fingerprint density at radius 1 is 1.44 bits per heavy atom. The minimum absolute atomic E-state index is 0.170. The number of rotatable bonds is 6. The van der Waals surface area contributed by atoms with Gasteiger partial charge in [-0.05, 0) is 41.6 Å². The molecule has 0 saturated heterocycles. The smallest absolute Gasteiger partial charge is 0.189 e. The Labute approximate surface area is 108 Å². The van der Waals surface area contributed by atoms with Gasteiger partial charge in [0.05, 0.1) is 10.7 Å². The number of halogens is 1. The van der Waals surface area contributed by atoms with Gasteiger partial charge in [0.25, 0.3) is 0 Å². The topological polar surface area (TPSA) is 44.8 Å². The van der Waals surface area contributed by atoms with Crippen LogP contribution in [0.1, 0.15) is 17.3 Å². The second-order valence-corrected chi connectivity index (χ2v) is 4.07. The van der Waals surface area contributed by atoms with Crippen molar-refractivity contribution in [3.05, 3.63) is 21.3 Å². The first-order chi connectivity index (χ1) is 7.72. The molecule has 0 N–H and O–H groups in total. The number of hydrogen-bond acceptors (Lipinski definition) is 4. The van der Waals surface area contributed by atoms with E-state index in [4.69, 9.17) is 14.2 Å². The summed E-state index contributed by atoms with van der Waals surface area (Å²) in [6, 6.07) is 3.37. The Hall–Kier alpha value is -0.820. The lowest BCUT2D eigenvalue weighted by Crippen LogP contribution is -2.05. The molecule has 0 aliphatic carbocycles. The first-order valence-corrected chi connectivity index (χ1v) is 5.84. The van der Waals surface area contributed by atoms with Crippen LogP contribution >= 0.6 is 22.6 Å². The van der Waals surface area contributed by atoms with Gasteiger partial charge in [-0.2, -0.15) is 0 Å². The number of ether oxygens (including phenoxy) is 3. The maximum atomic E-state index is 10.7. The fourth-order valence-corrected chi connectivity index (χ4v) is 1.91. The van der Waals surface area contributed by atoms with Crippen molar-refractivity contribution in [2.45, 2.75) is 6.92 Å². The quantitative estimate of drug-likeness (QED) is 0.347. The fourth-order valence-electron chi connectivity index (χ4n) is 1.13. The highest BCUT2D eigenvalue weighted by Gasteiger charge is 2.11. The van der Waals surface area contributed by atoms with E-state index in [1.54, 1.807) is 12.1 Å². The molecule has 0 heterocycles. The molecular formula is C11H13IO4. The summed E-state index contributed by atoms with van der Waals surface area (Å²) in [6.07, 6.45) is 0.775. The molecule has 1 rings (SSSR count). The molecule has 0 radical (unpaired) electrons. The SMILES string of the molecule is CCOCOc1c(I)cc(C=O)cc1OC. The van der Waals surface area contributed by atoms with E-state index < -0.39 is 0 Å². The first kappa shape index (κ1) is 13.2. The Morgan fingerprint density at radius 3 is 2.75 bits per heavy atom. The number of aldehydes is 1. The zero-order valence-electron chi connectivity index (χ0n) is 9.16. The van der Waals surface area contributed by atoms with E-state index >= 15 is 0 Å². The molecule has 1 aromatic carbocycles. The Kier molecular flexibility index (Phi) is 5.54. The third-order valence-corrected chi connectivity index (χ3v) is 2.68. The number of hydrogen-bond donors (Lipinski definition) is 0. The molecule has 0 bridgehead atoms. The van der Waals surface area contributed by atoms with Gasteiger partial charge < -0.3 is 14.2 Å². The van der Waals surface area contributed by atoms with E-state index in [2.05, 4.69) is 22.6 Å². The van der Waals surface area contributed by atoms with Crippen LogP contribution in [-0.2, 0) is 4.74 Å². The molecule has 0 aliphatic heterocycles. The van der Waals surface area contributed by atoms with Crippen molar-refractivity contribution in [1.29, 1.82) is 0 Å². The highest BCUT2D eigenvalue weighted by Crippen LogP contribution is 2.33. The van der Waals surface area contributed by atoms with Gasteiger partial charge in [-0.1, -0.05) is 0 Å². The van der Waals surface area contributed by atoms with E-state index in [9.17, 15) is 4.79 Å². The molecule has 0 amide bonds. The average Bonchev–Trinajstić information content (AvgIpc) is 2.30. The molecule has 4 nitrogen and oxygen atoms in total. The first-order valence-electron chi connectivity index (χ1n) is 4.76. The molecule has 0 unspecified atom stereocenters. The summed E-state index contributed by atoms with van der Waals surface area (Å²) in [4.78, 5) is 10.7. The lowest BCUT2D eigenvalue weighted by atomic mass is 10.2. The van der Waals surface area contributed by atoms with Gasteiger partial charge in [0.15, 0.2) is 18.3 Å². The lowest BCUT2D eigenvalue weighted by molar-refractivity contribution is 0.0203. The Morgan fingerprint density at radius 2 is 2.19 bits per heavy atom. The minimum atomic E-state index is 0.170. The van der Waals surface area contributed by atoms with Gasteiger partial charge in [0.2, 0.25) is 0 Å². The zero-order valence-corrected chi connectivity index (χ0v) is 11.3. The third kappa shape index (κ3) is 3.34. The van der Waals surface area contributed by atoms with Crippen molar-refractivity contribution < 1.29 is 19.0 Å². The van der Waals surface area contributed by atoms with Gasteiger partial charge in [0.1, 0.15) is 6.29 Å². The number of carbonyl (C=O) groups is 1. The van der Waals surface area contributed by atoms with E-state index in [-0.39, 0.29) is 6.79 Å². The van der Waals surface area contributed by atoms with Gasteiger partial charge in [0, 0.05) is 12.2 Å². The lowest BCUT2D eigenvalue weighted by Gasteiger charge is -2.12. The van der Waals surface area contributed by atoms with E-state index in [1.807, 2.05) is 6.92 Å². The zero-order chi connectivity index (χ0) is 12.0. The molecule has 1 aromatic rings. The molecule has 0 atom stereocenters. The van der Waals surface area contributed by atoms with E-state index in [0.29, 0.717) is 23.7 Å². The van der Waals surface area contributed by atoms with E-state index in [1.165, 1.54) is 7.11 Å². The summed E-state index contributed by atoms with van der Waals surface area (Å²) in [5.74, 6) is 1.14. The standard InChI is InChI=1S/C11H13IO4/c1-3-15-7-16-11-9(12)4-8(6-13)5-10(11)14-2/h4-6H,3,7H2,1-2H3. The molecule has 0 aliphatic rings. The van der Waals surface area contributed by atoms with Crippen LogP contribution in [0.4, 0.5) is 0 Å². The molecule has 5 heteroatoms. The fraction of sp³-hybridized carbons (Fsp3) is 0.364. The van der Waals surface area contributed by atoms with Crippen molar-refractivity contribution in [1.82, 2.24) is 0 Å². The van der Waals surface area contributed by atoms with Crippen LogP contribution in [0, 0.1) is 3.57 Å². The van der Waals surface area contributed by atoms with Crippen LogP contribution in [0.25, 0.3) is 0 Å². The van der Waals surface area contributed by atoms with Crippen LogP contribution in [0.3, 0.4) is 0 Å². The average molecular weight is 336 g/mol. The van der Waals surface area contributed by atoms with Crippen molar-refractivity contribution in [3.8, 4) is 11.5 Å². The van der Waals surface area contributed by atoms with Gasteiger partial charge in [-0.25, -0.2) is 0 Å². The normalized spacial score (nSPS) is 9.94. The summed E-state index contributed by atoms with van der Waals surface area (Å²) >= 11 is 2.09. The Bertz CT molecular complexity index is 365. The number of methoxy groups -OCH3 is 1. The van der Waals surface area contributed by atoms with Crippen molar-refractivity contribution in [2.75, 3.05) is 20.5 Å². The number of carbonyl (C=O) groups excluding carboxylic acids is 1. The van der Waals surface area contributed by atoms with Crippen molar-refractivity contribution in [3.63, 3.8) is 0 Å². The summed E-state index contributed by atoms with van der Waals surface area (Å²) in [7, 11) is 1.54. The second-order valence-electron chi connectivity index (χ2n) is 2.91. The van der Waals surface area contributed by atoms with Gasteiger partial charge >= 0.3 is 0 Å². The molecule has 88 valence electrons. The maximum Gasteiger partial charge on any atom is 0.189 e. The van der Waals surface area contributed by atoms with Crippen molar-refractivity contribution >= 4 is 28.9 Å². The van der Waals surface area contributed by atoms with Crippen LogP contribution in [0.2, 0.25) is 0 Å². The predicted molar refractivity (Wildman–Crippen MR) is 68.2 cm³/mol. The van der Waals surface area contributed by atoms with Crippen molar-refractivity contribution in [2.24, 2.45) is 0 Å². The molecule has 0 saturated carbocycles. The monoisotopic (exact) mass is 336 g/mol. The summed E-state index contributed by atoms with van der Waals surface area (Å²) in [5, 5.41) is 0. The largest absolute Gasteiger partial charge is 0.493 e. The molecule has 0 aromatic heterocycles. The summed E-state index contributed by atoms with van der Waals surface area (Å²) in [6.45, 7) is 2.65. The maximum absolute atomic E-state index is 10.7. The minimum Gasteiger partial charge on any atom is -0.493 e. The number of benzene rings is 1. The summed E-state index contributed by atoms with van der Waals surface area (Å²) < 4.78 is 16.5. The molecule has 0 spiro atoms. The Balaban J connectivity index is 2.92. The highest BCUT2D eigenvalue weighted by atomic mass is 127. The molecular weight excluding hydrogens is 323 g/mol. The third-order valence-electron chi connectivity index (χ3n) is 1.88. The van der Waals surface area contributed by atoms with Crippen LogP contribution < -0.4 is 9.47 Å². The molecule has 0 fully saturated rings. The second kappa shape index (κ2) is 6.70. The van der Waals surface area contributed by atoms with Crippen LogP contribution in [0.15, 0.2) is 12.1 Å². The van der Waals surface area contributed by atoms with Crippen LogP contribution in [-0.4, -0.2) is 26.8 Å². The van der Waals surface area contributed by atoms with Gasteiger partial charge in [-0.15, -0.1) is 0 Å². The highest BCUT2D eigenvalue weighted by molar-refractivity contribution is 14.1.